The molecular formula is C12H15BrF3N3O. The highest BCUT2D eigenvalue weighted by molar-refractivity contribution is 9.10. The van der Waals surface area contributed by atoms with Gasteiger partial charge >= 0.3 is 6.18 Å². The number of hydrogen-bond donors (Lipinski definition) is 1. The van der Waals surface area contributed by atoms with Crippen LogP contribution in [0.2, 0.25) is 0 Å². The largest absolute Gasteiger partial charge is 0.408 e. The number of nitrogens with one attached hydrogen (secondary N) is 1. The van der Waals surface area contributed by atoms with Gasteiger partial charge < -0.3 is 5.32 Å². The van der Waals surface area contributed by atoms with Gasteiger partial charge in [0.15, 0.2) is 0 Å². The van der Waals surface area contributed by atoms with Crippen LogP contribution in [0.15, 0.2) is 15.5 Å². The summed E-state index contributed by atoms with van der Waals surface area (Å²) in [7, 11) is 0. The van der Waals surface area contributed by atoms with Gasteiger partial charge in [-0.1, -0.05) is 6.92 Å². The van der Waals surface area contributed by atoms with Crippen molar-refractivity contribution >= 4 is 21.6 Å². The fourth-order valence-electron chi connectivity index (χ4n) is 2.29. The number of hydrogen-bond acceptors (Lipinski definition) is 3. The number of aromatic nitrogens is 2. The molecule has 2 rings (SSSR count). The lowest BCUT2D eigenvalue weighted by atomic mass is 9.75. The summed E-state index contributed by atoms with van der Waals surface area (Å²) in [5.41, 5.74) is -0.389. The standard InChI is InChI=1S/C12H15BrF3N3O/c1-2-11(4-3-5-11)18-8-6-17-19(7-12(14,15)16)10(20)9(8)13/h6,18H,2-5,7H2,1H3. The fourth-order valence-corrected chi connectivity index (χ4v) is 2.70. The van der Waals surface area contributed by atoms with Gasteiger partial charge in [0.1, 0.15) is 11.0 Å². The first kappa shape index (κ1) is 15.3. The normalized spacial score (nSPS) is 17.6. The van der Waals surface area contributed by atoms with Gasteiger partial charge in [0.2, 0.25) is 0 Å². The molecule has 1 N–H and O–H groups in total. The van der Waals surface area contributed by atoms with Crippen LogP contribution in [-0.2, 0) is 6.54 Å². The molecular weight excluding hydrogens is 339 g/mol. The van der Waals surface area contributed by atoms with Crippen LogP contribution in [0.5, 0.6) is 0 Å². The van der Waals surface area contributed by atoms with Crippen LogP contribution < -0.4 is 10.9 Å². The molecule has 0 unspecified atom stereocenters. The highest BCUT2D eigenvalue weighted by atomic mass is 79.9. The molecule has 0 amide bonds. The van der Waals surface area contributed by atoms with E-state index in [1.54, 1.807) is 0 Å². The molecule has 8 heteroatoms. The van der Waals surface area contributed by atoms with Gasteiger partial charge in [0.25, 0.3) is 5.56 Å². The van der Waals surface area contributed by atoms with Crippen LogP contribution in [0.25, 0.3) is 0 Å². The molecule has 20 heavy (non-hydrogen) atoms. The van der Waals surface area contributed by atoms with Gasteiger partial charge in [0.05, 0.1) is 11.9 Å². The predicted molar refractivity (Wildman–Crippen MR) is 72.7 cm³/mol. The molecule has 4 nitrogen and oxygen atoms in total. The van der Waals surface area contributed by atoms with Crippen LogP contribution in [0.1, 0.15) is 32.6 Å². The summed E-state index contributed by atoms with van der Waals surface area (Å²) in [5.74, 6) is 0. The van der Waals surface area contributed by atoms with Crippen molar-refractivity contribution in [3.63, 3.8) is 0 Å². The number of halogens is 4. The van der Waals surface area contributed by atoms with Crippen LogP contribution in [0.4, 0.5) is 18.9 Å². The number of alkyl halides is 3. The predicted octanol–water partition coefficient (Wildman–Crippen LogP) is 3.31. The van der Waals surface area contributed by atoms with E-state index in [9.17, 15) is 18.0 Å². The van der Waals surface area contributed by atoms with E-state index in [0.717, 1.165) is 25.7 Å². The van der Waals surface area contributed by atoms with E-state index < -0.39 is 18.3 Å². The van der Waals surface area contributed by atoms with Crippen molar-refractivity contribution in [3.8, 4) is 0 Å². The monoisotopic (exact) mass is 353 g/mol. The maximum atomic E-state index is 12.3. The first-order valence-electron chi connectivity index (χ1n) is 6.37. The molecule has 112 valence electrons. The summed E-state index contributed by atoms with van der Waals surface area (Å²) in [4.78, 5) is 11.9. The van der Waals surface area contributed by atoms with Gasteiger partial charge in [0, 0.05) is 5.54 Å². The summed E-state index contributed by atoms with van der Waals surface area (Å²) in [6, 6.07) is 0. The van der Waals surface area contributed by atoms with Crippen LogP contribution in [-0.4, -0.2) is 21.5 Å². The Bertz CT molecular complexity index is 546. The van der Waals surface area contributed by atoms with Gasteiger partial charge in [-0.15, -0.1) is 0 Å². The highest BCUT2D eigenvalue weighted by Gasteiger charge is 2.36. The summed E-state index contributed by atoms with van der Waals surface area (Å²) in [6.45, 7) is 0.655. The average Bonchev–Trinajstić information content (AvgIpc) is 2.31. The molecule has 0 aromatic carbocycles. The summed E-state index contributed by atoms with van der Waals surface area (Å²) < 4.78 is 37.4. The molecule has 1 aliphatic carbocycles. The van der Waals surface area contributed by atoms with Crippen molar-refractivity contribution in [2.24, 2.45) is 0 Å². The minimum Gasteiger partial charge on any atom is -0.377 e. The van der Waals surface area contributed by atoms with E-state index in [4.69, 9.17) is 0 Å². The molecule has 1 aromatic heterocycles. The number of nitrogens with zero attached hydrogens (tertiary/aromatic N) is 2. The molecule has 1 aromatic rings. The zero-order chi connectivity index (χ0) is 15.0. The van der Waals surface area contributed by atoms with Crippen LogP contribution in [0.3, 0.4) is 0 Å². The minimum atomic E-state index is -4.47. The Balaban J connectivity index is 2.25. The lowest BCUT2D eigenvalue weighted by Gasteiger charge is -2.43. The topological polar surface area (TPSA) is 46.9 Å². The summed E-state index contributed by atoms with van der Waals surface area (Å²) in [6.07, 6.45) is 0.780. The second-order valence-electron chi connectivity index (χ2n) is 5.06. The highest BCUT2D eigenvalue weighted by Crippen LogP contribution is 2.38. The second kappa shape index (κ2) is 5.38. The molecule has 0 radical (unpaired) electrons. The minimum absolute atomic E-state index is 0.0626. The van der Waals surface area contributed by atoms with Gasteiger partial charge in [-0.05, 0) is 41.6 Å². The molecule has 1 aliphatic rings. The van der Waals surface area contributed by atoms with Crippen LogP contribution >= 0.6 is 15.9 Å². The third kappa shape index (κ3) is 3.16. The Labute approximate surface area is 122 Å². The Morgan fingerprint density at radius 2 is 2.15 bits per heavy atom. The van der Waals surface area contributed by atoms with E-state index in [0.29, 0.717) is 10.4 Å². The summed E-state index contributed by atoms with van der Waals surface area (Å²) in [5, 5.41) is 6.83. The summed E-state index contributed by atoms with van der Waals surface area (Å²) >= 11 is 3.07. The number of anilines is 1. The maximum Gasteiger partial charge on any atom is 0.408 e. The van der Waals surface area contributed by atoms with E-state index in [1.807, 2.05) is 6.92 Å². The van der Waals surface area contributed by atoms with Crippen molar-refractivity contribution in [1.29, 1.82) is 0 Å². The molecule has 1 fully saturated rings. The molecule has 0 saturated heterocycles. The Morgan fingerprint density at radius 1 is 1.50 bits per heavy atom. The van der Waals surface area contributed by atoms with Crippen molar-refractivity contribution < 1.29 is 13.2 Å². The van der Waals surface area contributed by atoms with Crippen molar-refractivity contribution in [1.82, 2.24) is 9.78 Å². The Kier molecular flexibility index (Phi) is 4.13. The van der Waals surface area contributed by atoms with Crippen molar-refractivity contribution in [2.45, 2.75) is 50.9 Å². The first-order chi connectivity index (χ1) is 9.26. The SMILES string of the molecule is CCC1(Nc2cnn(CC(F)(F)F)c(=O)c2Br)CCC1. The second-order valence-corrected chi connectivity index (χ2v) is 5.86. The van der Waals surface area contributed by atoms with Crippen LogP contribution in [0, 0.1) is 0 Å². The zero-order valence-corrected chi connectivity index (χ0v) is 12.5. The molecule has 0 bridgehead atoms. The molecule has 0 aliphatic heterocycles. The quantitative estimate of drug-likeness (QED) is 0.903. The smallest absolute Gasteiger partial charge is 0.377 e. The zero-order valence-electron chi connectivity index (χ0n) is 10.9. The van der Waals surface area contributed by atoms with Gasteiger partial charge in [-0.25, -0.2) is 4.68 Å². The van der Waals surface area contributed by atoms with E-state index in [-0.39, 0.29) is 10.0 Å². The lowest BCUT2D eigenvalue weighted by Crippen LogP contribution is -2.45. The first-order valence-corrected chi connectivity index (χ1v) is 7.16. The van der Waals surface area contributed by atoms with E-state index in [1.165, 1.54) is 6.20 Å². The third-order valence-electron chi connectivity index (χ3n) is 3.70. The molecule has 0 spiro atoms. The van der Waals surface area contributed by atoms with Gasteiger partial charge in [-0.2, -0.15) is 18.3 Å². The Morgan fingerprint density at radius 3 is 2.60 bits per heavy atom. The fraction of sp³-hybridized carbons (Fsp3) is 0.667. The third-order valence-corrected chi connectivity index (χ3v) is 4.47. The van der Waals surface area contributed by atoms with E-state index in [2.05, 4.69) is 26.3 Å². The molecule has 0 atom stereocenters. The molecule has 1 saturated carbocycles. The number of rotatable bonds is 4. The molecule has 1 heterocycles. The van der Waals surface area contributed by atoms with Crippen molar-refractivity contribution in [2.75, 3.05) is 5.32 Å². The van der Waals surface area contributed by atoms with Crippen molar-refractivity contribution in [3.05, 3.63) is 21.0 Å². The lowest BCUT2D eigenvalue weighted by molar-refractivity contribution is -0.143. The van der Waals surface area contributed by atoms with E-state index >= 15 is 0 Å². The van der Waals surface area contributed by atoms with Gasteiger partial charge in [-0.3, -0.25) is 4.79 Å². The Hall–Kier alpha value is -1.05. The maximum absolute atomic E-state index is 12.3. The average molecular weight is 354 g/mol.